The number of aliphatic imine (C=N–C) groups is 2. The third kappa shape index (κ3) is 2.01. The fourth-order valence-corrected chi connectivity index (χ4v) is 3.53. The Balaban J connectivity index is 1.73. The molecular weight excluding hydrogens is 278 g/mol. The van der Waals surface area contributed by atoms with Crippen LogP contribution in [-0.4, -0.2) is 42.0 Å². The van der Waals surface area contributed by atoms with Gasteiger partial charge in [0.1, 0.15) is 17.8 Å². The smallest absolute Gasteiger partial charge is 0.290 e. The molecular formula is C16H17N5O. The van der Waals surface area contributed by atoms with Crippen LogP contribution in [0.2, 0.25) is 0 Å². The first kappa shape index (κ1) is 13.4. The predicted molar refractivity (Wildman–Crippen MR) is 82.1 cm³/mol. The highest BCUT2D eigenvalue weighted by molar-refractivity contribution is 6.43. The fraction of sp³-hybridized carbons (Fsp3) is 0.500. The summed E-state index contributed by atoms with van der Waals surface area (Å²) in [6.07, 6.45) is 7.77. The molecule has 2 fully saturated rings. The van der Waals surface area contributed by atoms with E-state index in [0.717, 1.165) is 31.5 Å². The van der Waals surface area contributed by atoms with Crippen molar-refractivity contribution in [3.8, 4) is 6.07 Å². The molecule has 0 aromatic heterocycles. The summed E-state index contributed by atoms with van der Waals surface area (Å²) < 4.78 is 0. The lowest BCUT2D eigenvalue weighted by Crippen LogP contribution is -2.39. The Hall–Kier alpha value is -2.26. The van der Waals surface area contributed by atoms with E-state index in [9.17, 15) is 10.1 Å². The van der Waals surface area contributed by atoms with E-state index in [-0.39, 0.29) is 5.57 Å². The number of amides is 1. The highest BCUT2D eigenvalue weighted by Crippen LogP contribution is 2.54. The molecule has 3 heterocycles. The number of dihydropyridines is 2. The van der Waals surface area contributed by atoms with Crippen LogP contribution in [-0.2, 0) is 4.79 Å². The van der Waals surface area contributed by atoms with E-state index in [2.05, 4.69) is 14.9 Å². The number of hydrogen-bond acceptors (Lipinski definition) is 5. The lowest BCUT2D eigenvalue weighted by atomic mass is 9.90. The quantitative estimate of drug-likeness (QED) is 0.778. The molecule has 6 heteroatoms. The third-order valence-electron chi connectivity index (χ3n) is 5.12. The SMILES string of the molecule is N#CC1=C(N2CCC3(CC2)CC3)C2=CC(N)N=CC2=NC1=O. The van der Waals surface area contributed by atoms with E-state index in [4.69, 9.17) is 5.73 Å². The average Bonchev–Trinajstić information content (AvgIpc) is 3.27. The second-order valence-corrected chi connectivity index (χ2v) is 6.47. The van der Waals surface area contributed by atoms with Gasteiger partial charge in [0.2, 0.25) is 0 Å². The molecule has 1 saturated heterocycles. The topological polar surface area (TPSA) is 94.8 Å². The van der Waals surface area contributed by atoms with Crippen LogP contribution in [0.3, 0.4) is 0 Å². The van der Waals surface area contributed by atoms with Crippen LogP contribution in [0.5, 0.6) is 0 Å². The zero-order chi connectivity index (χ0) is 15.3. The standard InChI is InChI=1S/C16H17N5O/c17-8-11-14(21-5-3-16(1-2-16)4-6-21)10-7-13(18)19-9-12(10)20-15(11)22/h7,9,13H,1-6,18H2. The van der Waals surface area contributed by atoms with Gasteiger partial charge in [0.25, 0.3) is 5.91 Å². The Labute approximate surface area is 128 Å². The van der Waals surface area contributed by atoms with Gasteiger partial charge in [-0.1, -0.05) is 0 Å². The minimum absolute atomic E-state index is 0.129. The molecule has 1 unspecified atom stereocenters. The number of nitriles is 1. The van der Waals surface area contributed by atoms with Crippen molar-refractivity contribution in [1.82, 2.24) is 4.90 Å². The van der Waals surface area contributed by atoms with Crippen molar-refractivity contribution in [1.29, 1.82) is 5.26 Å². The highest BCUT2D eigenvalue weighted by Gasteiger charge is 2.45. The van der Waals surface area contributed by atoms with Crippen molar-refractivity contribution in [2.24, 2.45) is 21.1 Å². The zero-order valence-corrected chi connectivity index (χ0v) is 12.2. The zero-order valence-electron chi connectivity index (χ0n) is 12.2. The minimum atomic E-state index is -0.474. The van der Waals surface area contributed by atoms with Crippen molar-refractivity contribution in [2.75, 3.05) is 13.1 Å². The number of piperidine rings is 1. The van der Waals surface area contributed by atoms with Crippen LogP contribution >= 0.6 is 0 Å². The normalized spacial score (nSPS) is 29.0. The molecule has 0 aromatic carbocycles. The number of likely N-dealkylation sites (tertiary alicyclic amines) is 1. The number of carbonyl (C=O) groups is 1. The summed E-state index contributed by atoms with van der Waals surface area (Å²) in [6.45, 7) is 1.76. The molecule has 0 radical (unpaired) electrons. The van der Waals surface area contributed by atoms with Gasteiger partial charge in [-0.3, -0.25) is 9.79 Å². The summed E-state index contributed by atoms with van der Waals surface area (Å²) in [5, 5.41) is 9.42. The molecule has 1 atom stereocenters. The van der Waals surface area contributed by atoms with Crippen LogP contribution in [0.15, 0.2) is 32.9 Å². The van der Waals surface area contributed by atoms with Gasteiger partial charge in [0, 0.05) is 18.7 Å². The van der Waals surface area contributed by atoms with Gasteiger partial charge in [-0.15, -0.1) is 0 Å². The van der Waals surface area contributed by atoms with E-state index < -0.39 is 12.1 Å². The monoisotopic (exact) mass is 295 g/mol. The number of fused-ring (bicyclic) bond motifs is 1. The second-order valence-electron chi connectivity index (χ2n) is 6.47. The fourth-order valence-electron chi connectivity index (χ4n) is 3.53. The summed E-state index contributed by atoms with van der Waals surface area (Å²) in [4.78, 5) is 22.4. The Kier molecular flexibility index (Phi) is 2.81. The van der Waals surface area contributed by atoms with Gasteiger partial charge in [-0.05, 0) is 37.2 Å². The molecule has 4 rings (SSSR count). The van der Waals surface area contributed by atoms with Crippen LogP contribution in [0, 0.1) is 16.7 Å². The molecule has 6 nitrogen and oxygen atoms in total. The molecule has 1 saturated carbocycles. The summed E-state index contributed by atoms with van der Waals surface area (Å²) in [5.41, 5.74) is 8.55. The van der Waals surface area contributed by atoms with Gasteiger partial charge >= 0.3 is 0 Å². The Morgan fingerprint density at radius 3 is 2.68 bits per heavy atom. The first-order valence-corrected chi connectivity index (χ1v) is 7.66. The predicted octanol–water partition coefficient (Wildman–Crippen LogP) is 0.917. The second kappa shape index (κ2) is 4.62. The van der Waals surface area contributed by atoms with E-state index >= 15 is 0 Å². The minimum Gasteiger partial charge on any atom is -0.370 e. The van der Waals surface area contributed by atoms with Crippen LogP contribution in [0.4, 0.5) is 0 Å². The molecule has 2 N–H and O–H groups in total. The largest absolute Gasteiger partial charge is 0.370 e. The summed E-state index contributed by atoms with van der Waals surface area (Å²) in [5.74, 6) is -0.474. The first-order valence-electron chi connectivity index (χ1n) is 7.66. The molecule has 22 heavy (non-hydrogen) atoms. The van der Waals surface area contributed by atoms with E-state index in [0.29, 0.717) is 16.8 Å². The van der Waals surface area contributed by atoms with Crippen molar-refractivity contribution in [2.45, 2.75) is 31.8 Å². The lowest BCUT2D eigenvalue weighted by Gasteiger charge is -2.37. The van der Waals surface area contributed by atoms with Gasteiger partial charge in [-0.2, -0.15) is 5.26 Å². The number of allylic oxidation sites excluding steroid dienone is 1. The maximum atomic E-state index is 12.1. The summed E-state index contributed by atoms with van der Waals surface area (Å²) in [7, 11) is 0. The van der Waals surface area contributed by atoms with Crippen LogP contribution < -0.4 is 5.73 Å². The lowest BCUT2D eigenvalue weighted by molar-refractivity contribution is -0.114. The summed E-state index contributed by atoms with van der Waals surface area (Å²) in [6, 6.07) is 2.04. The van der Waals surface area contributed by atoms with Crippen molar-refractivity contribution >= 4 is 17.8 Å². The Morgan fingerprint density at radius 1 is 1.32 bits per heavy atom. The molecule has 3 aliphatic heterocycles. The Bertz CT molecular complexity index is 707. The van der Waals surface area contributed by atoms with Gasteiger partial charge in [0.05, 0.1) is 17.6 Å². The maximum absolute atomic E-state index is 12.1. The molecule has 0 aromatic rings. The van der Waals surface area contributed by atoms with E-state index in [1.165, 1.54) is 12.8 Å². The molecule has 1 spiro atoms. The van der Waals surface area contributed by atoms with Crippen LogP contribution in [0.1, 0.15) is 25.7 Å². The average molecular weight is 295 g/mol. The van der Waals surface area contributed by atoms with Gasteiger partial charge in [-0.25, -0.2) is 4.99 Å². The molecule has 0 bridgehead atoms. The molecule has 1 amide bonds. The molecule has 1 aliphatic carbocycles. The molecule has 112 valence electrons. The number of nitrogens with zero attached hydrogens (tertiary/aromatic N) is 4. The number of rotatable bonds is 1. The number of carbonyl (C=O) groups excluding carboxylic acids is 1. The number of nitrogens with two attached hydrogens (primary N) is 1. The van der Waals surface area contributed by atoms with E-state index in [1.807, 2.05) is 6.07 Å². The van der Waals surface area contributed by atoms with Gasteiger partial charge < -0.3 is 10.6 Å². The van der Waals surface area contributed by atoms with Gasteiger partial charge in [0.15, 0.2) is 0 Å². The van der Waals surface area contributed by atoms with Crippen molar-refractivity contribution in [3.05, 3.63) is 22.9 Å². The molecule has 4 aliphatic rings. The first-order chi connectivity index (χ1) is 10.6. The van der Waals surface area contributed by atoms with Crippen molar-refractivity contribution < 1.29 is 4.79 Å². The maximum Gasteiger partial charge on any atom is 0.290 e. The Morgan fingerprint density at radius 2 is 2.05 bits per heavy atom. The van der Waals surface area contributed by atoms with E-state index in [1.54, 1.807) is 12.3 Å². The highest BCUT2D eigenvalue weighted by atomic mass is 16.1. The number of hydrogen-bond donors (Lipinski definition) is 1. The third-order valence-corrected chi connectivity index (χ3v) is 5.12. The van der Waals surface area contributed by atoms with Crippen molar-refractivity contribution in [3.63, 3.8) is 0 Å². The van der Waals surface area contributed by atoms with Crippen LogP contribution in [0.25, 0.3) is 0 Å². The summed E-state index contributed by atoms with van der Waals surface area (Å²) >= 11 is 0.